The van der Waals surface area contributed by atoms with Crippen LogP contribution < -0.4 is 4.74 Å². The van der Waals surface area contributed by atoms with Crippen LogP contribution in [0.25, 0.3) is 11.3 Å². The number of hydrogen-bond donors (Lipinski definition) is 1. The second-order valence-electron chi connectivity index (χ2n) is 9.99. The van der Waals surface area contributed by atoms with Crippen molar-refractivity contribution in [3.8, 4) is 17.1 Å². The molecular weight excluding hydrogens is 445 g/mol. The minimum absolute atomic E-state index is 0.0196. The number of hydrogen-bond acceptors (Lipinski definition) is 5. The van der Waals surface area contributed by atoms with Gasteiger partial charge in [0.15, 0.2) is 17.6 Å². The lowest BCUT2D eigenvalue weighted by Crippen LogP contribution is -2.65. The Bertz CT molecular complexity index is 1270. The number of nitrogens with zero attached hydrogens (tertiary/aromatic N) is 1. The lowest BCUT2D eigenvalue weighted by molar-refractivity contribution is -0.171. The number of benzene rings is 2. The van der Waals surface area contributed by atoms with Crippen molar-refractivity contribution in [3.05, 3.63) is 70.5 Å². The van der Waals surface area contributed by atoms with Gasteiger partial charge in [0.2, 0.25) is 5.89 Å². The number of ether oxygens (including phenoxy) is 1. The van der Waals surface area contributed by atoms with E-state index >= 15 is 0 Å². The number of rotatable bonds is 5. The van der Waals surface area contributed by atoms with Gasteiger partial charge in [-0.1, -0.05) is 23.7 Å². The number of aryl methyl sites for hydroxylation is 1. The van der Waals surface area contributed by atoms with Crippen molar-refractivity contribution < 1.29 is 23.4 Å². The van der Waals surface area contributed by atoms with E-state index < -0.39 is 12.2 Å². The summed E-state index contributed by atoms with van der Waals surface area (Å²) in [6.45, 7) is 1.72. The number of aliphatic hydroxyl groups is 1. The molecule has 2 heterocycles. The van der Waals surface area contributed by atoms with Crippen LogP contribution in [0.1, 0.15) is 55.2 Å². The van der Waals surface area contributed by atoms with Gasteiger partial charge in [-0.15, -0.1) is 0 Å². The molecule has 170 valence electrons. The average molecular weight is 468 g/mol. The summed E-state index contributed by atoms with van der Waals surface area (Å²) in [6, 6.07) is 10.1. The third-order valence-electron chi connectivity index (χ3n) is 7.50. The van der Waals surface area contributed by atoms with Crippen LogP contribution in [0.5, 0.6) is 5.75 Å². The number of oxazole rings is 1. The van der Waals surface area contributed by atoms with Gasteiger partial charge in [0.25, 0.3) is 0 Å². The number of fused-ring (bicyclic) bond motifs is 1. The summed E-state index contributed by atoms with van der Waals surface area (Å²) in [5.41, 5.74) is 1.72. The van der Waals surface area contributed by atoms with E-state index in [2.05, 4.69) is 4.98 Å². The van der Waals surface area contributed by atoms with E-state index in [-0.39, 0.29) is 28.9 Å². The molecule has 0 saturated heterocycles. The van der Waals surface area contributed by atoms with Gasteiger partial charge in [-0.05, 0) is 61.4 Å². The first-order valence-electron chi connectivity index (χ1n) is 11.2. The van der Waals surface area contributed by atoms with Crippen molar-refractivity contribution in [3.63, 3.8) is 0 Å². The summed E-state index contributed by atoms with van der Waals surface area (Å²) < 4.78 is 25.8. The molecule has 2 bridgehead atoms. The molecule has 0 unspecified atom stereocenters. The number of ketones is 1. The van der Waals surface area contributed by atoms with E-state index in [9.17, 15) is 14.3 Å². The number of aromatic nitrogens is 1. The van der Waals surface area contributed by atoms with Crippen molar-refractivity contribution in [2.24, 2.45) is 5.41 Å². The fourth-order valence-corrected chi connectivity index (χ4v) is 6.09. The molecule has 3 aromatic rings. The first-order chi connectivity index (χ1) is 15.8. The van der Waals surface area contributed by atoms with Gasteiger partial charge in [-0.2, -0.15) is 0 Å². The summed E-state index contributed by atoms with van der Waals surface area (Å²) in [7, 11) is 0. The standard InChI is InChI=1S/C26H23ClFNO4/c1-14-2-3-15(6-18(14)28)23-10-29-24(33-23)26-11-25(12-26,13-26)9-20(31)22-8-19(30)17-7-16(27)4-5-21(17)32-22/h2-7,10,19,22,30H,8-9,11-13H2,1H3/t19-,22+,25?,26?/m1/s1. The minimum atomic E-state index is -0.766. The van der Waals surface area contributed by atoms with Crippen LogP contribution >= 0.6 is 11.6 Å². The maximum absolute atomic E-state index is 13.9. The molecule has 7 heteroatoms. The van der Waals surface area contributed by atoms with Crippen LogP contribution in [0.4, 0.5) is 4.39 Å². The molecule has 3 saturated carbocycles. The molecule has 1 aliphatic heterocycles. The van der Waals surface area contributed by atoms with Crippen molar-refractivity contribution in [2.45, 2.75) is 56.7 Å². The van der Waals surface area contributed by atoms with Gasteiger partial charge in [-0.3, -0.25) is 4.79 Å². The highest BCUT2D eigenvalue weighted by Crippen LogP contribution is 2.75. The topological polar surface area (TPSA) is 72.6 Å². The van der Waals surface area contributed by atoms with Gasteiger partial charge in [0.1, 0.15) is 11.6 Å². The largest absolute Gasteiger partial charge is 0.482 e. The summed E-state index contributed by atoms with van der Waals surface area (Å²) in [6.07, 6.45) is 3.43. The second-order valence-corrected chi connectivity index (χ2v) is 10.4. The van der Waals surface area contributed by atoms with Crippen LogP contribution in [-0.2, 0) is 10.2 Å². The van der Waals surface area contributed by atoms with Gasteiger partial charge in [-0.25, -0.2) is 9.37 Å². The van der Waals surface area contributed by atoms with E-state index in [0.29, 0.717) is 45.5 Å². The third-order valence-corrected chi connectivity index (χ3v) is 7.74. The molecule has 0 spiro atoms. The molecule has 1 N–H and O–H groups in total. The van der Waals surface area contributed by atoms with Crippen LogP contribution in [-0.4, -0.2) is 22.0 Å². The summed E-state index contributed by atoms with van der Waals surface area (Å²) in [5.74, 6) is 1.50. The number of aliphatic hydroxyl groups excluding tert-OH is 1. The molecule has 0 radical (unpaired) electrons. The smallest absolute Gasteiger partial charge is 0.201 e. The maximum atomic E-state index is 13.9. The minimum Gasteiger partial charge on any atom is -0.482 e. The molecule has 33 heavy (non-hydrogen) atoms. The van der Waals surface area contributed by atoms with Gasteiger partial charge < -0.3 is 14.3 Å². The van der Waals surface area contributed by atoms with E-state index in [1.54, 1.807) is 37.4 Å². The first-order valence-corrected chi connectivity index (χ1v) is 11.5. The normalized spacial score (nSPS) is 29.5. The van der Waals surface area contributed by atoms with Gasteiger partial charge in [0, 0.05) is 34.4 Å². The zero-order valence-corrected chi connectivity index (χ0v) is 18.9. The summed E-state index contributed by atoms with van der Waals surface area (Å²) in [5, 5.41) is 11.0. The summed E-state index contributed by atoms with van der Waals surface area (Å²) >= 11 is 6.01. The van der Waals surface area contributed by atoms with Gasteiger partial charge in [0.05, 0.1) is 12.3 Å². The Hall–Kier alpha value is -2.70. The molecule has 5 nitrogen and oxygen atoms in total. The predicted octanol–water partition coefficient (Wildman–Crippen LogP) is 5.71. The highest BCUT2D eigenvalue weighted by molar-refractivity contribution is 6.30. The molecule has 3 aliphatic carbocycles. The number of carbonyl (C=O) groups excluding carboxylic acids is 1. The van der Waals surface area contributed by atoms with E-state index in [4.69, 9.17) is 20.8 Å². The summed E-state index contributed by atoms with van der Waals surface area (Å²) in [4.78, 5) is 17.5. The van der Waals surface area contributed by atoms with Crippen LogP contribution in [0.15, 0.2) is 47.0 Å². The monoisotopic (exact) mass is 467 g/mol. The maximum Gasteiger partial charge on any atom is 0.201 e. The van der Waals surface area contributed by atoms with Crippen molar-refractivity contribution in [1.29, 1.82) is 0 Å². The van der Waals surface area contributed by atoms with Crippen molar-refractivity contribution in [1.82, 2.24) is 4.98 Å². The highest BCUT2D eigenvalue weighted by Gasteiger charge is 2.71. The first kappa shape index (κ1) is 20.9. The Kier molecular flexibility index (Phi) is 4.52. The zero-order valence-electron chi connectivity index (χ0n) is 18.1. The average Bonchev–Trinajstić information content (AvgIpc) is 3.21. The van der Waals surface area contributed by atoms with Crippen LogP contribution in [0, 0.1) is 18.2 Å². The van der Waals surface area contributed by atoms with Crippen molar-refractivity contribution in [2.75, 3.05) is 0 Å². The molecular formula is C26H23ClFNO4. The van der Waals surface area contributed by atoms with E-state index in [1.165, 1.54) is 6.07 Å². The molecule has 2 aromatic carbocycles. The lowest BCUT2D eigenvalue weighted by Gasteiger charge is -2.69. The quantitative estimate of drug-likeness (QED) is 0.520. The number of carbonyl (C=O) groups is 1. The molecule has 3 fully saturated rings. The number of Topliss-reactive ketones (excluding diaryl/α,β-unsaturated/α-hetero) is 1. The lowest BCUT2D eigenvalue weighted by atomic mass is 9.34. The van der Waals surface area contributed by atoms with Crippen LogP contribution in [0.2, 0.25) is 5.02 Å². The van der Waals surface area contributed by atoms with Crippen LogP contribution in [0.3, 0.4) is 0 Å². The molecule has 1 aromatic heterocycles. The molecule has 2 atom stereocenters. The number of halogens is 2. The molecule has 0 amide bonds. The Morgan fingerprint density at radius 2 is 2.03 bits per heavy atom. The molecule has 4 aliphatic rings. The second kappa shape index (κ2) is 7.15. The molecule has 7 rings (SSSR count). The fourth-order valence-electron chi connectivity index (χ4n) is 5.91. The van der Waals surface area contributed by atoms with E-state index in [0.717, 1.165) is 19.3 Å². The fraction of sp³-hybridized carbons (Fsp3) is 0.385. The van der Waals surface area contributed by atoms with E-state index in [1.807, 2.05) is 6.07 Å². The van der Waals surface area contributed by atoms with Gasteiger partial charge >= 0.3 is 0 Å². The SMILES string of the molecule is Cc1ccc(-c2cnc(C34CC(CC(=O)[C@@H]5C[C@@H](O)c6cc(Cl)ccc6O5)(C3)C4)o2)cc1F. The Morgan fingerprint density at radius 3 is 2.79 bits per heavy atom. The Balaban J connectivity index is 1.11. The highest BCUT2D eigenvalue weighted by atomic mass is 35.5. The zero-order chi connectivity index (χ0) is 23.0. The Morgan fingerprint density at radius 1 is 1.24 bits per heavy atom. The third kappa shape index (κ3) is 3.30. The predicted molar refractivity (Wildman–Crippen MR) is 120 cm³/mol. The Labute approximate surface area is 195 Å². The van der Waals surface area contributed by atoms with Crippen molar-refractivity contribution >= 4 is 17.4 Å².